The van der Waals surface area contributed by atoms with E-state index in [-0.39, 0.29) is 0 Å². The van der Waals surface area contributed by atoms with Crippen molar-refractivity contribution in [2.45, 2.75) is 0 Å². The molecule has 1 atom stereocenters. The number of hydrogen-bond donors (Lipinski definition) is 0. The van der Waals surface area contributed by atoms with Gasteiger partial charge in [0, 0.05) is 27.8 Å². The first-order chi connectivity index (χ1) is 31.1. The molecule has 0 saturated carbocycles. The average Bonchev–Trinajstić information content (AvgIpc) is 3.83. The van der Waals surface area contributed by atoms with Crippen LogP contribution in [0.5, 0.6) is 0 Å². The number of nitrogens with zero attached hydrogens (tertiary/aromatic N) is 3. The quantitative estimate of drug-likeness (QED) is 0.150. The highest BCUT2D eigenvalue weighted by atomic mass is 31.2. The van der Waals surface area contributed by atoms with E-state index in [1.807, 2.05) is 78.9 Å². The number of benzene rings is 10. The van der Waals surface area contributed by atoms with Crippen molar-refractivity contribution in [3.8, 4) is 39.1 Å². The molecule has 5 heteroatoms. The summed E-state index contributed by atoms with van der Waals surface area (Å²) in [6.07, 6.45) is 0. The Morgan fingerprint density at radius 3 is 1.54 bits per heavy atom. The molecule has 2 heterocycles. The predicted octanol–water partition coefficient (Wildman–Crippen LogP) is 15.7. The number of aromatic nitrogens is 1. The minimum Gasteiger partial charge on any atom is -0.309 e. The lowest BCUT2D eigenvalue weighted by atomic mass is 9.95. The van der Waals surface area contributed by atoms with Gasteiger partial charge in [-0.2, -0.15) is 0 Å². The smallest absolute Gasteiger partial charge is 0.301 e. The van der Waals surface area contributed by atoms with Crippen LogP contribution in [0.1, 0.15) is 0 Å². The van der Waals surface area contributed by atoms with E-state index in [1.165, 1.54) is 43.8 Å². The molecule has 0 bridgehead atoms. The minimum atomic E-state index is -3.48. The van der Waals surface area contributed by atoms with Crippen LogP contribution < -0.4 is 14.6 Å². The van der Waals surface area contributed by atoms with Crippen LogP contribution in [0.3, 0.4) is 0 Å². The van der Waals surface area contributed by atoms with E-state index in [9.17, 15) is 0 Å². The fourth-order valence-electron chi connectivity index (χ4n) is 9.58. The van der Waals surface area contributed by atoms with Crippen LogP contribution in [0.2, 0.25) is 0 Å². The molecule has 298 valence electrons. The molecule has 1 aliphatic rings. The number of para-hydroxylation sites is 3. The van der Waals surface area contributed by atoms with Gasteiger partial charge in [0.2, 0.25) is 0 Å². The van der Waals surface area contributed by atoms with Crippen molar-refractivity contribution in [2.24, 2.45) is 0 Å². The number of anilines is 4. The average molecular weight is 826 g/mol. The molecule has 10 aromatic carbocycles. The van der Waals surface area contributed by atoms with Crippen LogP contribution in [0.15, 0.2) is 243 Å². The zero-order chi connectivity index (χ0) is 41.9. The van der Waals surface area contributed by atoms with Crippen LogP contribution in [0, 0.1) is 0 Å². The van der Waals surface area contributed by atoms with Gasteiger partial charge in [0.05, 0.1) is 27.7 Å². The Bertz CT molecular complexity index is 3530. The van der Waals surface area contributed by atoms with Gasteiger partial charge in [0.1, 0.15) is 0 Å². The van der Waals surface area contributed by atoms with E-state index in [1.54, 1.807) is 0 Å². The van der Waals surface area contributed by atoms with Crippen LogP contribution in [0.25, 0.3) is 71.6 Å². The SMILES string of the molecule is O=P1(c2ccccc2)N(c2ccccc2)c2ccc(-c3ccc4c(c3)c3ccccc3n4-c3cc(-c4ccc(-c5ccccc5)cc4)c4ccccc4c3)cc2N1c1ccccc1. The molecule has 0 spiro atoms. The standard InChI is InChI=1S/C58H40N3OP/c62-63(50-24-11-4-12-25-50)60(47-20-7-2-8-21-47)57-36-34-45(39-58(57)61(63)48-22-9-3-10-23-48)44-33-35-56-54(38-44)52-27-15-16-28-55(52)59(56)49-37-46-19-13-14-26-51(46)53(40-49)43-31-29-42(30-32-43)41-17-5-1-6-18-41/h1-40H. The summed E-state index contributed by atoms with van der Waals surface area (Å²) in [5, 5.41) is 5.54. The lowest BCUT2D eigenvalue weighted by Crippen LogP contribution is -2.26. The molecular weight excluding hydrogens is 786 g/mol. The summed E-state index contributed by atoms with van der Waals surface area (Å²) in [4.78, 5) is 0. The van der Waals surface area contributed by atoms with Crippen LogP contribution in [0.4, 0.5) is 22.7 Å². The Kier molecular flexibility index (Phi) is 8.74. The first kappa shape index (κ1) is 36.9. The topological polar surface area (TPSA) is 28.5 Å². The molecule has 1 unspecified atom stereocenters. The van der Waals surface area contributed by atoms with Crippen LogP contribution >= 0.6 is 7.44 Å². The fraction of sp³-hybridized carbons (Fsp3) is 0. The zero-order valence-electron chi connectivity index (χ0n) is 34.3. The normalized spacial score (nSPS) is 14.7. The van der Waals surface area contributed by atoms with Crippen molar-refractivity contribution in [3.63, 3.8) is 0 Å². The predicted molar refractivity (Wildman–Crippen MR) is 265 cm³/mol. The molecule has 0 saturated heterocycles. The van der Waals surface area contributed by atoms with Crippen molar-refractivity contribution in [2.75, 3.05) is 9.34 Å². The summed E-state index contributed by atoms with van der Waals surface area (Å²) in [6.45, 7) is 0. The summed E-state index contributed by atoms with van der Waals surface area (Å²) in [6, 6.07) is 85.1. The molecule has 0 fully saturated rings. The van der Waals surface area contributed by atoms with E-state index >= 15 is 4.57 Å². The Labute approximate surface area is 366 Å². The van der Waals surface area contributed by atoms with Crippen molar-refractivity contribution in [1.82, 2.24) is 4.57 Å². The highest BCUT2D eigenvalue weighted by molar-refractivity contribution is 7.76. The van der Waals surface area contributed by atoms with Crippen molar-refractivity contribution in [1.29, 1.82) is 0 Å². The molecule has 4 nitrogen and oxygen atoms in total. The van der Waals surface area contributed by atoms with Gasteiger partial charge in [-0.25, -0.2) is 0 Å². The van der Waals surface area contributed by atoms with E-state index in [2.05, 4.69) is 178 Å². The Morgan fingerprint density at radius 2 is 0.825 bits per heavy atom. The van der Waals surface area contributed by atoms with Gasteiger partial charge in [-0.05, 0) is 123 Å². The molecule has 0 radical (unpaired) electrons. The highest BCUT2D eigenvalue weighted by Crippen LogP contribution is 2.70. The Balaban J connectivity index is 1.02. The summed E-state index contributed by atoms with van der Waals surface area (Å²) in [7, 11) is -3.48. The maximum absolute atomic E-state index is 16.2. The molecule has 0 amide bonds. The van der Waals surface area contributed by atoms with Gasteiger partial charge in [-0.15, -0.1) is 0 Å². The monoisotopic (exact) mass is 825 g/mol. The summed E-state index contributed by atoms with van der Waals surface area (Å²) >= 11 is 0. The van der Waals surface area contributed by atoms with E-state index < -0.39 is 7.44 Å². The molecule has 63 heavy (non-hydrogen) atoms. The third-order valence-corrected chi connectivity index (χ3v) is 15.4. The highest BCUT2D eigenvalue weighted by Gasteiger charge is 2.49. The lowest BCUT2D eigenvalue weighted by Gasteiger charge is -2.33. The largest absolute Gasteiger partial charge is 0.309 e. The third kappa shape index (κ3) is 6.02. The molecule has 0 aliphatic carbocycles. The van der Waals surface area contributed by atoms with Crippen molar-refractivity contribution >= 4 is 68.1 Å². The van der Waals surface area contributed by atoms with Gasteiger partial charge in [0.15, 0.2) is 0 Å². The lowest BCUT2D eigenvalue weighted by molar-refractivity contribution is 0.582. The zero-order valence-corrected chi connectivity index (χ0v) is 35.2. The molecule has 1 aliphatic heterocycles. The second kappa shape index (κ2) is 14.9. The molecular formula is C58H40N3OP. The van der Waals surface area contributed by atoms with Gasteiger partial charge < -0.3 is 4.57 Å². The van der Waals surface area contributed by atoms with E-state index in [4.69, 9.17) is 0 Å². The molecule has 12 rings (SSSR count). The maximum Gasteiger partial charge on any atom is 0.301 e. The summed E-state index contributed by atoms with van der Waals surface area (Å²) in [5.74, 6) is 0. The van der Waals surface area contributed by atoms with Crippen LogP contribution in [-0.4, -0.2) is 4.57 Å². The molecule has 0 N–H and O–H groups in total. The van der Waals surface area contributed by atoms with Crippen LogP contribution in [-0.2, 0) is 4.57 Å². The van der Waals surface area contributed by atoms with E-state index in [0.717, 1.165) is 55.9 Å². The number of rotatable bonds is 7. The van der Waals surface area contributed by atoms with Gasteiger partial charge >= 0.3 is 7.44 Å². The Hall–Kier alpha value is -7.91. The first-order valence-corrected chi connectivity index (χ1v) is 23.0. The second-order valence-electron chi connectivity index (χ2n) is 16.1. The number of fused-ring (bicyclic) bond motifs is 5. The van der Waals surface area contributed by atoms with Gasteiger partial charge in [-0.3, -0.25) is 13.9 Å². The molecule has 1 aromatic heterocycles. The van der Waals surface area contributed by atoms with Gasteiger partial charge in [0.25, 0.3) is 0 Å². The Morgan fingerprint density at radius 1 is 0.317 bits per heavy atom. The second-order valence-corrected chi connectivity index (χ2v) is 18.5. The third-order valence-electron chi connectivity index (χ3n) is 12.5. The first-order valence-electron chi connectivity index (χ1n) is 21.4. The number of hydrogen-bond acceptors (Lipinski definition) is 1. The van der Waals surface area contributed by atoms with E-state index in [0.29, 0.717) is 0 Å². The maximum atomic E-state index is 16.2. The molecule has 11 aromatic rings. The van der Waals surface area contributed by atoms with Crippen molar-refractivity contribution < 1.29 is 4.57 Å². The van der Waals surface area contributed by atoms with Crippen molar-refractivity contribution in [3.05, 3.63) is 243 Å². The summed E-state index contributed by atoms with van der Waals surface area (Å²) in [5.41, 5.74) is 13.9. The fourth-order valence-corrected chi connectivity index (χ4v) is 12.6. The van der Waals surface area contributed by atoms with Gasteiger partial charge in [-0.1, -0.05) is 164 Å². The minimum absolute atomic E-state index is 0.769. The summed E-state index contributed by atoms with van der Waals surface area (Å²) < 4.78 is 22.7.